The molecule has 1 aromatic rings. The van der Waals surface area contributed by atoms with E-state index in [1.54, 1.807) is 24.3 Å². The number of amides is 2. The third-order valence-electron chi connectivity index (χ3n) is 4.31. The molecule has 0 fully saturated rings. The molecular formula is C20H27NO5. The summed E-state index contributed by atoms with van der Waals surface area (Å²) in [5.41, 5.74) is 0.871. The van der Waals surface area contributed by atoms with E-state index in [0.29, 0.717) is 17.5 Å². The summed E-state index contributed by atoms with van der Waals surface area (Å²) in [6, 6.07) is 6.78. The molecule has 1 heterocycles. The van der Waals surface area contributed by atoms with Crippen molar-refractivity contribution in [2.75, 3.05) is 26.4 Å². The Labute approximate surface area is 154 Å². The van der Waals surface area contributed by atoms with Gasteiger partial charge in [0.1, 0.15) is 6.61 Å². The van der Waals surface area contributed by atoms with Gasteiger partial charge in [-0.1, -0.05) is 44.7 Å². The van der Waals surface area contributed by atoms with Gasteiger partial charge >= 0.3 is 5.97 Å². The van der Waals surface area contributed by atoms with Crippen LogP contribution in [0, 0.1) is 0 Å². The Bertz CT molecular complexity index is 593. The van der Waals surface area contributed by atoms with Crippen molar-refractivity contribution in [1.82, 2.24) is 4.90 Å². The van der Waals surface area contributed by atoms with Crippen LogP contribution in [-0.4, -0.2) is 49.0 Å². The first kappa shape index (κ1) is 20.1. The molecular weight excluding hydrogens is 334 g/mol. The third-order valence-corrected chi connectivity index (χ3v) is 4.31. The highest BCUT2D eigenvalue weighted by Crippen LogP contribution is 2.21. The lowest BCUT2D eigenvalue weighted by Gasteiger charge is -2.13. The van der Waals surface area contributed by atoms with Crippen LogP contribution < -0.4 is 0 Å². The standard InChI is InChI=1S/C20H27NO5/c1-2-3-4-5-6-11-18(22)26-15-14-25-13-12-21-19(23)16-9-7-8-10-17(16)20(21)24/h7-10H,2-6,11-15H2,1H3. The largest absolute Gasteiger partial charge is 0.463 e. The van der Waals surface area contributed by atoms with Crippen molar-refractivity contribution in [2.45, 2.75) is 45.4 Å². The minimum absolute atomic E-state index is 0.190. The van der Waals surface area contributed by atoms with Crippen LogP contribution in [-0.2, 0) is 14.3 Å². The molecule has 1 aliphatic heterocycles. The summed E-state index contributed by atoms with van der Waals surface area (Å²) in [7, 11) is 0. The molecule has 0 radical (unpaired) electrons. The number of carbonyl (C=O) groups excluding carboxylic acids is 3. The topological polar surface area (TPSA) is 72.9 Å². The number of fused-ring (bicyclic) bond motifs is 1. The predicted molar refractivity (Wildman–Crippen MR) is 97.0 cm³/mol. The predicted octanol–water partition coefficient (Wildman–Crippen LogP) is 3.20. The number of nitrogens with zero attached hydrogens (tertiary/aromatic N) is 1. The number of hydrogen-bond acceptors (Lipinski definition) is 5. The van der Waals surface area contributed by atoms with E-state index < -0.39 is 0 Å². The Balaban J connectivity index is 1.54. The molecule has 0 atom stereocenters. The Morgan fingerprint density at radius 2 is 1.58 bits per heavy atom. The number of ether oxygens (including phenoxy) is 2. The van der Waals surface area contributed by atoms with Crippen LogP contribution in [0.4, 0.5) is 0 Å². The smallest absolute Gasteiger partial charge is 0.305 e. The fourth-order valence-corrected chi connectivity index (χ4v) is 2.86. The third kappa shape index (κ3) is 5.66. The second kappa shape index (κ2) is 10.7. The summed E-state index contributed by atoms with van der Waals surface area (Å²) < 4.78 is 10.5. The van der Waals surface area contributed by atoms with Crippen molar-refractivity contribution >= 4 is 17.8 Å². The van der Waals surface area contributed by atoms with E-state index in [1.807, 2.05) is 0 Å². The fourth-order valence-electron chi connectivity index (χ4n) is 2.86. The number of carbonyl (C=O) groups is 3. The Kier molecular flexibility index (Phi) is 8.28. The van der Waals surface area contributed by atoms with E-state index in [-0.39, 0.29) is 44.1 Å². The zero-order valence-electron chi connectivity index (χ0n) is 15.4. The van der Waals surface area contributed by atoms with Gasteiger partial charge in [-0.2, -0.15) is 0 Å². The van der Waals surface area contributed by atoms with Crippen LogP contribution in [0.2, 0.25) is 0 Å². The molecule has 0 saturated heterocycles. The fraction of sp³-hybridized carbons (Fsp3) is 0.550. The number of benzene rings is 1. The number of imide groups is 1. The average Bonchev–Trinajstić information content (AvgIpc) is 2.89. The highest BCUT2D eigenvalue weighted by atomic mass is 16.6. The molecule has 1 aliphatic rings. The quantitative estimate of drug-likeness (QED) is 0.325. The summed E-state index contributed by atoms with van der Waals surface area (Å²) in [5.74, 6) is -0.780. The van der Waals surface area contributed by atoms with Gasteiger partial charge in [0.25, 0.3) is 11.8 Å². The van der Waals surface area contributed by atoms with Crippen molar-refractivity contribution < 1.29 is 23.9 Å². The van der Waals surface area contributed by atoms with Gasteiger partial charge in [0, 0.05) is 6.42 Å². The lowest BCUT2D eigenvalue weighted by Crippen LogP contribution is -2.33. The molecule has 2 amide bonds. The molecule has 6 heteroatoms. The molecule has 0 N–H and O–H groups in total. The Morgan fingerprint density at radius 1 is 0.923 bits per heavy atom. The number of esters is 1. The zero-order chi connectivity index (χ0) is 18.8. The van der Waals surface area contributed by atoms with E-state index >= 15 is 0 Å². The second-order valence-electron chi connectivity index (χ2n) is 6.30. The van der Waals surface area contributed by atoms with E-state index in [1.165, 1.54) is 17.7 Å². The van der Waals surface area contributed by atoms with Crippen LogP contribution in [0.25, 0.3) is 0 Å². The van der Waals surface area contributed by atoms with Gasteiger partial charge < -0.3 is 9.47 Å². The summed E-state index contributed by atoms with van der Waals surface area (Å²) in [6.07, 6.45) is 5.90. The van der Waals surface area contributed by atoms with Crippen molar-refractivity contribution in [2.24, 2.45) is 0 Å². The molecule has 2 rings (SSSR count). The van der Waals surface area contributed by atoms with Crippen molar-refractivity contribution in [3.63, 3.8) is 0 Å². The van der Waals surface area contributed by atoms with Crippen LogP contribution >= 0.6 is 0 Å². The minimum atomic E-state index is -0.288. The molecule has 0 bridgehead atoms. The maximum absolute atomic E-state index is 12.2. The average molecular weight is 361 g/mol. The number of unbranched alkanes of at least 4 members (excludes halogenated alkanes) is 4. The van der Waals surface area contributed by atoms with Crippen LogP contribution in [0.15, 0.2) is 24.3 Å². The summed E-state index contributed by atoms with van der Waals surface area (Å²) in [5, 5.41) is 0. The van der Waals surface area contributed by atoms with Gasteiger partial charge in [0.05, 0.1) is 30.9 Å². The SMILES string of the molecule is CCCCCCCC(=O)OCCOCCN1C(=O)c2ccccc2C1=O. The summed E-state index contributed by atoms with van der Waals surface area (Å²) in [6.45, 7) is 3.01. The minimum Gasteiger partial charge on any atom is -0.463 e. The first-order valence-electron chi connectivity index (χ1n) is 9.33. The molecule has 1 aromatic carbocycles. The number of hydrogen-bond donors (Lipinski definition) is 0. The Hall–Kier alpha value is -2.21. The van der Waals surface area contributed by atoms with E-state index in [9.17, 15) is 14.4 Å². The molecule has 0 unspecified atom stereocenters. The van der Waals surface area contributed by atoms with Crippen LogP contribution in [0.5, 0.6) is 0 Å². The van der Waals surface area contributed by atoms with Gasteiger partial charge in [-0.3, -0.25) is 19.3 Å². The molecule has 0 aliphatic carbocycles. The maximum atomic E-state index is 12.2. The van der Waals surface area contributed by atoms with E-state index in [4.69, 9.17) is 9.47 Å². The number of rotatable bonds is 12. The normalized spacial score (nSPS) is 13.2. The molecule has 26 heavy (non-hydrogen) atoms. The lowest BCUT2D eigenvalue weighted by atomic mass is 10.1. The lowest BCUT2D eigenvalue weighted by molar-refractivity contribution is -0.145. The monoisotopic (exact) mass is 361 g/mol. The molecule has 6 nitrogen and oxygen atoms in total. The second-order valence-corrected chi connectivity index (χ2v) is 6.30. The summed E-state index contributed by atoms with van der Waals surface area (Å²) in [4.78, 5) is 37.1. The van der Waals surface area contributed by atoms with Crippen molar-refractivity contribution in [1.29, 1.82) is 0 Å². The van der Waals surface area contributed by atoms with Crippen molar-refractivity contribution in [3.05, 3.63) is 35.4 Å². The molecule has 0 spiro atoms. The first-order chi connectivity index (χ1) is 12.6. The Morgan fingerprint density at radius 3 is 2.23 bits per heavy atom. The van der Waals surface area contributed by atoms with Gasteiger partial charge in [-0.15, -0.1) is 0 Å². The highest BCUT2D eigenvalue weighted by molar-refractivity contribution is 6.21. The maximum Gasteiger partial charge on any atom is 0.305 e. The highest BCUT2D eigenvalue weighted by Gasteiger charge is 2.34. The van der Waals surface area contributed by atoms with Gasteiger partial charge in [0.15, 0.2) is 0 Å². The van der Waals surface area contributed by atoms with Crippen LogP contribution in [0.3, 0.4) is 0 Å². The van der Waals surface area contributed by atoms with Gasteiger partial charge in [0.2, 0.25) is 0 Å². The molecule has 0 saturated carbocycles. The first-order valence-corrected chi connectivity index (χ1v) is 9.33. The van der Waals surface area contributed by atoms with Crippen molar-refractivity contribution in [3.8, 4) is 0 Å². The van der Waals surface area contributed by atoms with Gasteiger partial charge in [-0.05, 0) is 18.6 Å². The van der Waals surface area contributed by atoms with Gasteiger partial charge in [-0.25, -0.2) is 0 Å². The van der Waals surface area contributed by atoms with Crippen LogP contribution in [0.1, 0.15) is 66.2 Å². The van der Waals surface area contributed by atoms with E-state index in [0.717, 1.165) is 19.3 Å². The zero-order valence-corrected chi connectivity index (χ0v) is 15.4. The molecule has 142 valence electrons. The van der Waals surface area contributed by atoms with E-state index in [2.05, 4.69) is 6.92 Å². The summed E-state index contributed by atoms with van der Waals surface area (Å²) >= 11 is 0. The molecule has 0 aromatic heterocycles.